The molecule has 0 spiro atoms. The molecule has 4 nitrogen and oxygen atoms in total. The summed E-state index contributed by atoms with van der Waals surface area (Å²) in [6, 6.07) is 31.3. The highest BCUT2D eigenvalue weighted by molar-refractivity contribution is 7.21. The molecule has 5 aromatic rings. The zero-order chi connectivity index (χ0) is 22.6. The summed E-state index contributed by atoms with van der Waals surface area (Å²) in [5.74, 6) is 0.491. The molecule has 4 aromatic carbocycles. The van der Waals surface area contributed by atoms with E-state index < -0.39 is 0 Å². The number of anilines is 1. The molecule has 0 aliphatic heterocycles. The Morgan fingerprint density at radius 1 is 0.909 bits per heavy atom. The van der Waals surface area contributed by atoms with E-state index in [1.807, 2.05) is 79.7 Å². The Morgan fingerprint density at radius 2 is 1.73 bits per heavy atom. The fourth-order valence-electron chi connectivity index (χ4n) is 3.60. The summed E-state index contributed by atoms with van der Waals surface area (Å²) in [6.45, 7) is 2.45. The quantitative estimate of drug-likeness (QED) is 0.300. The minimum atomic E-state index is -0.170. The number of hydrogen-bond acceptors (Lipinski definition) is 4. The van der Waals surface area contributed by atoms with Crippen LogP contribution < -0.4 is 10.1 Å². The molecular formula is C28H22N2O2S. The maximum absolute atomic E-state index is 12.9. The summed E-state index contributed by atoms with van der Waals surface area (Å²) in [5.41, 5.74) is 5.44. The van der Waals surface area contributed by atoms with Gasteiger partial charge in [0.25, 0.3) is 5.91 Å². The highest BCUT2D eigenvalue weighted by Crippen LogP contribution is 2.32. The number of fused-ring (bicyclic) bond motifs is 1. The van der Waals surface area contributed by atoms with Crippen molar-refractivity contribution in [3.63, 3.8) is 0 Å². The Labute approximate surface area is 196 Å². The lowest BCUT2D eigenvalue weighted by atomic mass is 10.1. The molecule has 5 rings (SSSR count). The van der Waals surface area contributed by atoms with Crippen molar-refractivity contribution >= 4 is 33.1 Å². The monoisotopic (exact) mass is 450 g/mol. The second kappa shape index (κ2) is 9.27. The smallest absolute Gasteiger partial charge is 0.255 e. The summed E-state index contributed by atoms with van der Waals surface area (Å²) in [7, 11) is 0. The minimum absolute atomic E-state index is 0.170. The highest BCUT2D eigenvalue weighted by atomic mass is 32.1. The second-order valence-corrected chi connectivity index (χ2v) is 8.80. The Kier molecular flexibility index (Phi) is 5.87. The number of rotatable bonds is 6. The predicted molar refractivity (Wildman–Crippen MR) is 135 cm³/mol. The fourth-order valence-corrected chi connectivity index (χ4v) is 4.56. The molecular weight excluding hydrogens is 428 g/mol. The van der Waals surface area contributed by atoms with Crippen molar-refractivity contribution < 1.29 is 9.53 Å². The molecule has 1 amide bonds. The van der Waals surface area contributed by atoms with Crippen molar-refractivity contribution in [2.24, 2.45) is 0 Å². The van der Waals surface area contributed by atoms with Gasteiger partial charge in [0, 0.05) is 16.8 Å². The van der Waals surface area contributed by atoms with Gasteiger partial charge >= 0.3 is 0 Å². The molecule has 0 radical (unpaired) electrons. The molecule has 0 unspecified atom stereocenters. The van der Waals surface area contributed by atoms with E-state index in [1.165, 1.54) is 0 Å². The maximum Gasteiger partial charge on any atom is 0.255 e. The van der Waals surface area contributed by atoms with Crippen molar-refractivity contribution in [3.05, 3.63) is 114 Å². The van der Waals surface area contributed by atoms with Crippen LogP contribution in [0.4, 0.5) is 5.69 Å². The van der Waals surface area contributed by atoms with Crippen molar-refractivity contribution in [1.82, 2.24) is 4.98 Å². The first-order valence-electron chi connectivity index (χ1n) is 10.7. The number of aryl methyl sites for hydroxylation is 1. The number of ether oxygens (including phenoxy) is 1. The van der Waals surface area contributed by atoms with Gasteiger partial charge in [-0.2, -0.15) is 0 Å². The van der Waals surface area contributed by atoms with Gasteiger partial charge in [-0.05, 0) is 66.6 Å². The molecule has 0 aliphatic rings. The van der Waals surface area contributed by atoms with E-state index in [9.17, 15) is 4.79 Å². The number of nitrogens with one attached hydrogen (secondary N) is 1. The topological polar surface area (TPSA) is 51.2 Å². The molecule has 162 valence electrons. The Bertz CT molecular complexity index is 1390. The van der Waals surface area contributed by atoms with Crippen molar-refractivity contribution in [2.45, 2.75) is 13.5 Å². The van der Waals surface area contributed by atoms with Gasteiger partial charge in [-0.15, -0.1) is 11.3 Å². The van der Waals surface area contributed by atoms with E-state index >= 15 is 0 Å². The van der Waals surface area contributed by atoms with Gasteiger partial charge in [-0.1, -0.05) is 48.5 Å². The zero-order valence-electron chi connectivity index (χ0n) is 18.1. The van der Waals surface area contributed by atoms with Crippen molar-refractivity contribution in [3.8, 4) is 16.3 Å². The molecule has 5 heteroatoms. The third kappa shape index (κ3) is 4.78. The molecule has 0 atom stereocenters. The average Bonchev–Trinajstić information content (AvgIpc) is 3.29. The lowest BCUT2D eigenvalue weighted by molar-refractivity contribution is 0.102. The maximum atomic E-state index is 12.9. The molecule has 0 aliphatic carbocycles. The normalized spacial score (nSPS) is 10.8. The van der Waals surface area contributed by atoms with Gasteiger partial charge in [0.2, 0.25) is 0 Å². The van der Waals surface area contributed by atoms with Crippen LogP contribution in [0.5, 0.6) is 5.75 Å². The van der Waals surface area contributed by atoms with Gasteiger partial charge in [0.1, 0.15) is 17.4 Å². The first kappa shape index (κ1) is 20.9. The summed E-state index contributed by atoms with van der Waals surface area (Å²) in [4.78, 5) is 17.6. The third-order valence-corrected chi connectivity index (χ3v) is 6.45. The highest BCUT2D eigenvalue weighted by Gasteiger charge is 2.12. The van der Waals surface area contributed by atoms with E-state index in [0.29, 0.717) is 17.9 Å². The lowest BCUT2D eigenvalue weighted by Gasteiger charge is -2.11. The van der Waals surface area contributed by atoms with Crippen LogP contribution in [0.1, 0.15) is 21.5 Å². The Balaban J connectivity index is 1.29. The zero-order valence-corrected chi connectivity index (χ0v) is 18.9. The third-order valence-electron chi connectivity index (χ3n) is 5.36. The summed E-state index contributed by atoms with van der Waals surface area (Å²) < 4.78 is 7.02. The van der Waals surface area contributed by atoms with Crippen LogP contribution in [-0.2, 0) is 6.61 Å². The number of nitrogens with zero attached hydrogens (tertiary/aromatic N) is 1. The van der Waals surface area contributed by atoms with Crippen LogP contribution in [0.2, 0.25) is 0 Å². The van der Waals surface area contributed by atoms with Crippen LogP contribution in [0.25, 0.3) is 20.8 Å². The lowest BCUT2D eigenvalue weighted by Crippen LogP contribution is -2.13. The van der Waals surface area contributed by atoms with E-state index in [4.69, 9.17) is 9.72 Å². The molecule has 0 bridgehead atoms. The van der Waals surface area contributed by atoms with Crippen molar-refractivity contribution in [1.29, 1.82) is 0 Å². The standard InChI is InChI=1S/C28H22N2O2S/c1-19-16-22(28-30-25-12-5-6-13-26(25)33-28)14-15-24(19)29-27(31)21-10-7-11-23(17-21)32-18-20-8-3-2-4-9-20/h2-17H,18H2,1H3,(H,29,31). The minimum Gasteiger partial charge on any atom is -0.489 e. The van der Waals surface area contributed by atoms with E-state index in [1.54, 1.807) is 23.5 Å². The van der Waals surface area contributed by atoms with E-state index in [0.717, 1.165) is 37.6 Å². The van der Waals surface area contributed by atoms with E-state index in [-0.39, 0.29) is 5.91 Å². The van der Waals surface area contributed by atoms with Crippen molar-refractivity contribution in [2.75, 3.05) is 5.32 Å². The largest absolute Gasteiger partial charge is 0.489 e. The Hall–Kier alpha value is -3.96. The fraction of sp³-hybridized carbons (Fsp3) is 0.0714. The molecule has 0 saturated heterocycles. The van der Waals surface area contributed by atoms with Crippen LogP contribution in [0, 0.1) is 6.92 Å². The van der Waals surface area contributed by atoms with Crippen LogP contribution in [-0.4, -0.2) is 10.9 Å². The molecule has 0 saturated carbocycles. The number of carbonyl (C=O) groups excluding carboxylic acids is 1. The number of thiazole rings is 1. The van der Waals surface area contributed by atoms with Crippen LogP contribution in [0.15, 0.2) is 97.1 Å². The summed E-state index contributed by atoms with van der Waals surface area (Å²) in [5, 5.41) is 3.99. The van der Waals surface area contributed by atoms with Gasteiger partial charge in [-0.25, -0.2) is 4.98 Å². The van der Waals surface area contributed by atoms with Crippen LogP contribution >= 0.6 is 11.3 Å². The Morgan fingerprint density at radius 3 is 2.55 bits per heavy atom. The SMILES string of the molecule is Cc1cc(-c2nc3ccccc3s2)ccc1NC(=O)c1cccc(OCc2ccccc2)c1. The second-order valence-electron chi connectivity index (χ2n) is 7.77. The molecule has 1 aromatic heterocycles. The molecule has 1 heterocycles. The van der Waals surface area contributed by atoms with Gasteiger partial charge in [0.05, 0.1) is 10.2 Å². The number of aromatic nitrogens is 1. The first-order chi connectivity index (χ1) is 16.2. The van der Waals surface area contributed by atoms with Gasteiger partial charge in [-0.3, -0.25) is 4.79 Å². The number of para-hydroxylation sites is 1. The van der Waals surface area contributed by atoms with Gasteiger partial charge in [0.15, 0.2) is 0 Å². The van der Waals surface area contributed by atoms with Gasteiger partial charge < -0.3 is 10.1 Å². The molecule has 1 N–H and O–H groups in total. The number of benzene rings is 4. The molecule has 33 heavy (non-hydrogen) atoms. The summed E-state index contributed by atoms with van der Waals surface area (Å²) >= 11 is 1.67. The molecule has 0 fully saturated rings. The number of hydrogen-bond donors (Lipinski definition) is 1. The average molecular weight is 451 g/mol. The van der Waals surface area contributed by atoms with E-state index in [2.05, 4.69) is 17.4 Å². The summed E-state index contributed by atoms with van der Waals surface area (Å²) in [6.07, 6.45) is 0. The number of carbonyl (C=O) groups is 1. The first-order valence-corrected chi connectivity index (χ1v) is 11.5. The number of amides is 1. The van der Waals surface area contributed by atoms with Crippen LogP contribution in [0.3, 0.4) is 0 Å². The predicted octanol–water partition coefficient (Wildman–Crippen LogP) is 7.10.